The first-order valence-corrected chi connectivity index (χ1v) is 8.91. The summed E-state index contributed by atoms with van der Waals surface area (Å²) in [5, 5.41) is 9.49. The van der Waals surface area contributed by atoms with Gasteiger partial charge in [-0.2, -0.15) is 0 Å². The first-order chi connectivity index (χ1) is 11.6. The number of hydrogen-bond acceptors (Lipinski definition) is 4. The summed E-state index contributed by atoms with van der Waals surface area (Å²) in [5.41, 5.74) is 1.15. The van der Waals surface area contributed by atoms with Crippen molar-refractivity contribution in [3.8, 4) is 0 Å². The Morgan fingerprint density at radius 3 is 2.79 bits per heavy atom. The van der Waals surface area contributed by atoms with Crippen LogP contribution < -0.4 is 0 Å². The molecule has 1 aromatic carbocycles. The van der Waals surface area contributed by atoms with E-state index in [1.165, 1.54) is 0 Å². The second-order valence-corrected chi connectivity index (χ2v) is 7.16. The zero-order valence-electron chi connectivity index (χ0n) is 14.6. The second-order valence-electron chi connectivity index (χ2n) is 6.76. The molecule has 24 heavy (non-hydrogen) atoms. The Balaban J connectivity index is 1.84. The molecular formula is C18H25ClN4O. The van der Waals surface area contributed by atoms with Crippen molar-refractivity contribution < 1.29 is 4.74 Å². The zero-order chi connectivity index (χ0) is 17.1. The Bertz CT molecular complexity index is 685. The van der Waals surface area contributed by atoms with Crippen LogP contribution in [0.2, 0.25) is 5.02 Å². The number of nitrogens with zero attached hydrogens (tertiary/aromatic N) is 4. The molecule has 0 fully saturated rings. The van der Waals surface area contributed by atoms with Gasteiger partial charge in [-0.3, -0.25) is 4.90 Å². The lowest BCUT2D eigenvalue weighted by molar-refractivity contribution is 0.0786. The number of ether oxygens (including phenoxy) is 1. The molecule has 0 spiro atoms. The molecule has 1 unspecified atom stereocenters. The molecule has 130 valence electrons. The molecule has 5 nitrogen and oxygen atoms in total. The third-order valence-corrected chi connectivity index (χ3v) is 4.79. The fourth-order valence-electron chi connectivity index (χ4n) is 3.19. The van der Waals surface area contributed by atoms with Crippen LogP contribution >= 0.6 is 11.6 Å². The first kappa shape index (κ1) is 17.4. The molecule has 2 aromatic rings. The van der Waals surface area contributed by atoms with Crippen molar-refractivity contribution in [2.24, 2.45) is 5.92 Å². The van der Waals surface area contributed by atoms with E-state index >= 15 is 0 Å². The Labute approximate surface area is 148 Å². The lowest BCUT2D eigenvalue weighted by Crippen LogP contribution is -2.32. The van der Waals surface area contributed by atoms with Gasteiger partial charge in [0, 0.05) is 24.2 Å². The Morgan fingerprint density at radius 2 is 2.04 bits per heavy atom. The van der Waals surface area contributed by atoms with E-state index in [4.69, 9.17) is 16.3 Å². The predicted molar refractivity (Wildman–Crippen MR) is 94.8 cm³/mol. The van der Waals surface area contributed by atoms with Gasteiger partial charge in [0.2, 0.25) is 0 Å². The molecule has 3 rings (SSSR count). The molecule has 6 heteroatoms. The van der Waals surface area contributed by atoms with Crippen LogP contribution in [0.25, 0.3) is 0 Å². The molecule has 0 saturated heterocycles. The van der Waals surface area contributed by atoms with E-state index in [0.29, 0.717) is 12.5 Å². The van der Waals surface area contributed by atoms with Crippen molar-refractivity contribution in [1.82, 2.24) is 19.7 Å². The minimum Gasteiger partial charge on any atom is -0.372 e. The largest absolute Gasteiger partial charge is 0.372 e. The van der Waals surface area contributed by atoms with Crippen LogP contribution in [-0.4, -0.2) is 32.8 Å². The van der Waals surface area contributed by atoms with Crippen molar-refractivity contribution in [2.45, 2.75) is 46.5 Å². The summed E-state index contributed by atoms with van der Waals surface area (Å²) in [6.45, 7) is 10.5. The lowest BCUT2D eigenvalue weighted by atomic mass is 10.0. The van der Waals surface area contributed by atoms with Gasteiger partial charge in [0.1, 0.15) is 12.4 Å². The van der Waals surface area contributed by atoms with Gasteiger partial charge in [-0.25, -0.2) is 0 Å². The summed E-state index contributed by atoms with van der Waals surface area (Å²) in [5.74, 6) is 2.49. The summed E-state index contributed by atoms with van der Waals surface area (Å²) in [4.78, 5) is 2.43. The zero-order valence-corrected chi connectivity index (χ0v) is 15.3. The molecule has 1 atom stereocenters. The van der Waals surface area contributed by atoms with E-state index in [9.17, 15) is 0 Å². The van der Waals surface area contributed by atoms with Crippen LogP contribution in [-0.2, 0) is 24.4 Å². The molecule has 1 aliphatic rings. The maximum Gasteiger partial charge on any atom is 0.159 e. The molecule has 2 heterocycles. The molecule has 0 N–H and O–H groups in total. The summed E-state index contributed by atoms with van der Waals surface area (Å²) in [6.07, 6.45) is 0. The van der Waals surface area contributed by atoms with Gasteiger partial charge in [0.05, 0.1) is 13.2 Å². The van der Waals surface area contributed by atoms with Gasteiger partial charge in [-0.1, -0.05) is 43.6 Å². The lowest BCUT2D eigenvalue weighted by Gasteiger charge is -2.31. The van der Waals surface area contributed by atoms with Crippen LogP contribution in [0.5, 0.6) is 0 Å². The highest BCUT2D eigenvalue weighted by atomic mass is 35.5. The number of benzene rings is 1. The number of fused-ring (bicyclic) bond motifs is 1. The summed E-state index contributed by atoms with van der Waals surface area (Å²) < 4.78 is 7.65. The predicted octanol–water partition coefficient (Wildman–Crippen LogP) is 3.68. The average molecular weight is 349 g/mol. The molecule has 1 aromatic heterocycles. The Kier molecular flexibility index (Phi) is 5.54. The maximum atomic E-state index is 6.42. The average Bonchev–Trinajstić information content (AvgIpc) is 2.97. The van der Waals surface area contributed by atoms with E-state index in [-0.39, 0.29) is 6.04 Å². The number of hydrogen-bond donors (Lipinski definition) is 0. The molecule has 0 radical (unpaired) electrons. The van der Waals surface area contributed by atoms with Crippen LogP contribution in [0.4, 0.5) is 0 Å². The molecule has 0 amide bonds. The molecule has 0 bridgehead atoms. The number of halogens is 1. The summed E-state index contributed by atoms with van der Waals surface area (Å²) in [6, 6.07) is 8.29. The Hall–Kier alpha value is -1.43. The highest BCUT2D eigenvalue weighted by Gasteiger charge is 2.23. The van der Waals surface area contributed by atoms with Crippen LogP contribution in [0.1, 0.15) is 44.0 Å². The van der Waals surface area contributed by atoms with E-state index in [0.717, 1.165) is 48.5 Å². The standard InChI is InChI=1S/C18H25ClN4O/c1-13(2)10-22(14(3)15-6-4-5-7-16(15)19)11-17-20-21-18-12-24-9-8-23(17)18/h4-7,13-14H,8-12H2,1-3H3. The second kappa shape index (κ2) is 7.64. The third-order valence-electron chi connectivity index (χ3n) is 4.44. The van der Waals surface area contributed by atoms with Gasteiger partial charge in [-0.15, -0.1) is 10.2 Å². The highest BCUT2D eigenvalue weighted by molar-refractivity contribution is 6.31. The van der Waals surface area contributed by atoms with Crippen LogP contribution in [0.3, 0.4) is 0 Å². The van der Waals surface area contributed by atoms with Crippen LogP contribution in [0.15, 0.2) is 24.3 Å². The third kappa shape index (κ3) is 3.79. The topological polar surface area (TPSA) is 43.2 Å². The fourth-order valence-corrected chi connectivity index (χ4v) is 3.49. The van der Waals surface area contributed by atoms with Crippen molar-refractivity contribution >= 4 is 11.6 Å². The van der Waals surface area contributed by atoms with Gasteiger partial charge in [0.25, 0.3) is 0 Å². The van der Waals surface area contributed by atoms with Crippen molar-refractivity contribution in [3.05, 3.63) is 46.5 Å². The van der Waals surface area contributed by atoms with Gasteiger partial charge in [0.15, 0.2) is 5.82 Å². The normalized spacial score (nSPS) is 15.8. The Morgan fingerprint density at radius 1 is 1.25 bits per heavy atom. The van der Waals surface area contributed by atoms with Gasteiger partial charge in [-0.05, 0) is 24.5 Å². The van der Waals surface area contributed by atoms with Crippen molar-refractivity contribution in [1.29, 1.82) is 0 Å². The molecule has 0 aliphatic carbocycles. The molecular weight excluding hydrogens is 324 g/mol. The van der Waals surface area contributed by atoms with E-state index < -0.39 is 0 Å². The van der Waals surface area contributed by atoms with Gasteiger partial charge >= 0.3 is 0 Å². The fraction of sp³-hybridized carbons (Fsp3) is 0.556. The molecule has 0 saturated carbocycles. The van der Waals surface area contributed by atoms with Crippen LogP contribution in [0, 0.1) is 5.92 Å². The van der Waals surface area contributed by atoms with E-state index in [1.54, 1.807) is 0 Å². The van der Waals surface area contributed by atoms with Gasteiger partial charge < -0.3 is 9.30 Å². The van der Waals surface area contributed by atoms with Crippen molar-refractivity contribution in [2.75, 3.05) is 13.2 Å². The smallest absolute Gasteiger partial charge is 0.159 e. The number of rotatable bonds is 6. The van der Waals surface area contributed by atoms with Crippen molar-refractivity contribution in [3.63, 3.8) is 0 Å². The maximum absolute atomic E-state index is 6.42. The first-order valence-electron chi connectivity index (χ1n) is 8.53. The van der Waals surface area contributed by atoms with E-state index in [2.05, 4.69) is 46.5 Å². The van der Waals surface area contributed by atoms with E-state index in [1.807, 2.05) is 18.2 Å². The minimum atomic E-state index is 0.217. The monoisotopic (exact) mass is 348 g/mol. The quantitative estimate of drug-likeness (QED) is 0.798. The summed E-state index contributed by atoms with van der Waals surface area (Å²) in [7, 11) is 0. The molecule has 1 aliphatic heterocycles. The highest BCUT2D eigenvalue weighted by Crippen LogP contribution is 2.29. The minimum absolute atomic E-state index is 0.217. The number of aromatic nitrogens is 3. The SMILES string of the molecule is CC(C)CN(Cc1nnc2n1CCOC2)C(C)c1ccccc1Cl. The summed E-state index contributed by atoms with van der Waals surface area (Å²) >= 11 is 6.42.